The molecule has 1 aliphatic rings. The number of benzene rings is 3. The molecule has 0 radical (unpaired) electrons. The van der Waals surface area contributed by atoms with Crippen molar-refractivity contribution < 1.29 is 27.1 Å². The summed E-state index contributed by atoms with van der Waals surface area (Å²) in [6, 6.07) is 17.7. The topological polar surface area (TPSA) is 92.8 Å². The lowest BCUT2D eigenvalue weighted by Gasteiger charge is -2.21. The Bertz CT molecular complexity index is 1310. The molecule has 0 saturated heterocycles. The third kappa shape index (κ3) is 4.88. The van der Waals surface area contributed by atoms with E-state index in [0.29, 0.717) is 6.54 Å². The number of halogens is 1. The van der Waals surface area contributed by atoms with Crippen LogP contribution >= 0.6 is 0 Å². The predicted octanol–water partition coefficient (Wildman–Crippen LogP) is 3.76. The molecule has 7 nitrogen and oxygen atoms in total. The van der Waals surface area contributed by atoms with E-state index in [1.54, 1.807) is 4.90 Å². The largest absolute Gasteiger partial charge is 0.449 e. The van der Waals surface area contributed by atoms with E-state index in [1.165, 1.54) is 37.3 Å². The van der Waals surface area contributed by atoms with Gasteiger partial charge in [-0.1, -0.05) is 24.3 Å². The van der Waals surface area contributed by atoms with Crippen LogP contribution in [0.25, 0.3) is 0 Å². The molecule has 1 unspecified atom stereocenters. The van der Waals surface area contributed by atoms with Crippen LogP contribution in [0.3, 0.4) is 0 Å². The average Bonchev–Trinajstić information content (AvgIpc) is 3.24. The fourth-order valence-corrected chi connectivity index (χ4v) is 4.69. The zero-order chi connectivity index (χ0) is 23.6. The summed E-state index contributed by atoms with van der Waals surface area (Å²) in [4.78, 5) is 26.9. The first-order valence-corrected chi connectivity index (χ1v) is 11.7. The fourth-order valence-electron chi connectivity index (χ4n) is 3.59. The van der Waals surface area contributed by atoms with Crippen molar-refractivity contribution in [3.05, 3.63) is 89.7 Å². The molecule has 0 spiro atoms. The Morgan fingerprint density at radius 2 is 1.76 bits per heavy atom. The van der Waals surface area contributed by atoms with Crippen LogP contribution in [0.15, 0.2) is 77.7 Å². The summed E-state index contributed by atoms with van der Waals surface area (Å²) in [5, 5.41) is 0. The van der Waals surface area contributed by atoms with Crippen molar-refractivity contribution in [3.63, 3.8) is 0 Å². The highest BCUT2D eigenvalue weighted by Crippen LogP contribution is 2.28. The first-order chi connectivity index (χ1) is 15.7. The number of carbonyl (C=O) groups excluding carboxylic acids is 2. The number of hydrogen-bond acceptors (Lipinski definition) is 5. The Morgan fingerprint density at radius 3 is 2.52 bits per heavy atom. The van der Waals surface area contributed by atoms with E-state index in [4.69, 9.17) is 4.74 Å². The molecule has 0 saturated carbocycles. The van der Waals surface area contributed by atoms with Gasteiger partial charge >= 0.3 is 5.97 Å². The first kappa shape index (κ1) is 22.5. The molecule has 1 amide bonds. The summed E-state index contributed by atoms with van der Waals surface area (Å²) in [5.74, 6) is -1.67. The van der Waals surface area contributed by atoms with Crippen molar-refractivity contribution in [2.24, 2.45) is 0 Å². The third-order valence-electron chi connectivity index (χ3n) is 5.26. The molecule has 170 valence electrons. The van der Waals surface area contributed by atoms with Gasteiger partial charge in [-0.05, 0) is 67.4 Å². The number of ether oxygens (including phenoxy) is 1. The molecule has 33 heavy (non-hydrogen) atoms. The number of amides is 1. The van der Waals surface area contributed by atoms with Gasteiger partial charge in [0.15, 0.2) is 6.10 Å². The second-order valence-corrected chi connectivity index (χ2v) is 9.24. The summed E-state index contributed by atoms with van der Waals surface area (Å²) in [6.07, 6.45) is -0.329. The monoisotopic (exact) mass is 468 g/mol. The van der Waals surface area contributed by atoms with Crippen molar-refractivity contribution in [1.29, 1.82) is 0 Å². The minimum absolute atomic E-state index is 0.0153. The SMILES string of the molecule is CC(OC(=O)c1cccc(S(=O)(=O)Nc2ccc(F)cc2)c1)C(=O)N1CCc2ccccc21. The van der Waals surface area contributed by atoms with Crippen LogP contribution < -0.4 is 9.62 Å². The molecule has 3 aromatic carbocycles. The van der Waals surface area contributed by atoms with Gasteiger partial charge in [-0.25, -0.2) is 17.6 Å². The van der Waals surface area contributed by atoms with E-state index in [-0.39, 0.29) is 22.1 Å². The number of carbonyl (C=O) groups is 2. The maximum Gasteiger partial charge on any atom is 0.338 e. The minimum atomic E-state index is -4.03. The zero-order valence-electron chi connectivity index (χ0n) is 17.7. The highest BCUT2D eigenvalue weighted by atomic mass is 32.2. The van der Waals surface area contributed by atoms with Gasteiger partial charge in [-0.15, -0.1) is 0 Å². The number of fused-ring (bicyclic) bond motifs is 1. The molecule has 1 heterocycles. The lowest BCUT2D eigenvalue weighted by Crippen LogP contribution is -2.39. The van der Waals surface area contributed by atoms with Crippen molar-refractivity contribution in [3.8, 4) is 0 Å². The van der Waals surface area contributed by atoms with Gasteiger partial charge in [0.1, 0.15) is 5.82 Å². The van der Waals surface area contributed by atoms with Crippen molar-refractivity contribution in [1.82, 2.24) is 0 Å². The number of anilines is 2. The Balaban J connectivity index is 1.46. The standard InChI is InChI=1S/C24H21FN2O5S/c1-16(23(28)27-14-13-17-5-2-3-8-22(17)27)32-24(29)18-6-4-7-21(15-18)33(30,31)26-20-11-9-19(25)10-12-20/h2-12,15-16,26H,13-14H2,1H3. The number of nitrogens with one attached hydrogen (secondary N) is 1. The number of rotatable bonds is 6. The summed E-state index contributed by atoms with van der Waals surface area (Å²) in [7, 11) is -4.03. The summed E-state index contributed by atoms with van der Waals surface area (Å²) >= 11 is 0. The molecule has 3 aromatic rings. The van der Waals surface area contributed by atoms with E-state index in [2.05, 4.69) is 4.72 Å². The average molecular weight is 469 g/mol. The molecule has 1 atom stereocenters. The van der Waals surface area contributed by atoms with Crippen LogP contribution in [0.5, 0.6) is 0 Å². The number of para-hydroxylation sites is 1. The van der Waals surface area contributed by atoms with Crippen LogP contribution in [0, 0.1) is 5.82 Å². The molecule has 0 fully saturated rings. The predicted molar refractivity (Wildman–Crippen MR) is 121 cm³/mol. The molecule has 0 aliphatic carbocycles. The Labute approximate surface area is 190 Å². The van der Waals surface area contributed by atoms with Crippen LogP contribution in [-0.2, 0) is 26.0 Å². The zero-order valence-corrected chi connectivity index (χ0v) is 18.5. The minimum Gasteiger partial charge on any atom is -0.449 e. The Kier molecular flexibility index (Phi) is 6.15. The van der Waals surface area contributed by atoms with Gasteiger partial charge in [0.25, 0.3) is 15.9 Å². The van der Waals surface area contributed by atoms with Crippen molar-refractivity contribution in [2.75, 3.05) is 16.2 Å². The third-order valence-corrected chi connectivity index (χ3v) is 6.64. The van der Waals surface area contributed by atoms with Gasteiger partial charge < -0.3 is 9.64 Å². The van der Waals surface area contributed by atoms with E-state index in [1.807, 2.05) is 24.3 Å². The van der Waals surface area contributed by atoms with Gasteiger partial charge in [-0.3, -0.25) is 9.52 Å². The van der Waals surface area contributed by atoms with Gasteiger partial charge in [0.05, 0.1) is 10.5 Å². The maximum absolute atomic E-state index is 13.1. The summed E-state index contributed by atoms with van der Waals surface area (Å²) in [5.41, 5.74) is 2.01. The van der Waals surface area contributed by atoms with E-state index in [9.17, 15) is 22.4 Å². The number of hydrogen-bond donors (Lipinski definition) is 1. The smallest absolute Gasteiger partial charge is 0.338 e. The molecule has 4 rings (SSSR count). The highest BCUT2D eigenvalue weighted by Gasteiger charge is 2.30. The molecule has 1 N–H and O–H groups in total. The van der Waals surface area contributed by atoms with Crippen LogP contribution in [0.2, 0.25) is 0 Å². The van der Waals surface area contributed by atoms with Gasteiger partial charge in [0.2, 0.25) is 0 Å². The lowest BCUT2D eigenvalue weighted by molar-refractivity contribution is -0.126. The van der Waals surface area contributed by atoms with Crippen LogP contribution in [0.1, 0.15) is 22.8 Å². The van der Waals surface area contributed by atoms with Crippen LogP contribution in [-0.4, -0.2) is 32.9 Å². The normalized spacial score (nSPS) is 13.8. The van der Waals surface area contributed by atoms with E-state index in [0.717, 1.165) is 35.9 Å². The van der Waals surface area contributed by atoms with Crippen molar-refractivity contribution >= 4 is 33.3 Å². The Morgan fingerprint density at radius 1 is 1.03 bits per heavy atom. The Hall–Kier alpha value is -3.72. The number of nitrogens with zero attached hydrogens (tertiary/aromatic N) is 1. The molecule has 1 aliphatic heterocycles. The summed E-state index contributed by atoms with van der Waals surface area (Å²) in [6.45, 7) is 1.99. The fraction of sp³-hybridized carbons (Fsp3) is 0.167. The molecular weight excluding hydrogens is 447 g/mol. The second-order valence-electron chi connectivity index (χ2n) is 7.56. The van der Waals surface area contributed by atoms with Gasteiger partial charge in [0, 0.05) is 17.9 Å². The molecule has 0 aromatic heterocycles. The second kappa shape index (κ2) is 9.03. The van der Waals surface area contributed by atoms with E-state index < -0.39 is 27.9 Å². The highest BCUT2D eigenvalue weighted by molar-refractivity contribution is 7.92. The number of esters is 1. The van der Waals surface area contributed by atoms with E-state index >= 15 is 0 Å². The molecular formula is C24H21FN2O5S. The lowest BCUT2D eigenvalue weighted by atomic mass is 10.2. The first-order valence-electron chi connectivity index (χ1n) is 10.2. The molecule has 9 heteroatoms. The van der Waals surface area contributed by atoms with Crippen LogP contribution in [0.4, 0.5) is 15.8 Å². The molecule has 0 bridgehead atoms. The van der Waals surface area contributed by atoms with Gasteiger partial charge in [-0.2, -0.15) is 0 Å². The maximum atomic E-state index is 13.1. The van der Waals surface area contributed by atoms with Crippen molar-refractivity contribution in [2.45, 2.75) is 24.3 Å². The quantitative estimate of drug-likeness (QED) is 0.556. The summed E-state index contributed by atoms with van der Waals surface area (Å²) < 4.78 is 46.1. The number of sulfonamides is 1.